The summed E-state index contributed by atoms with van der Waals surface area (Å²) in [6.45, 7) is 11.1. The fraction of sp³-hybridized carbons (Fsp3) is 0.609. The zero-order valence-corrected chi connectivity index (χ0v) is 19.4. The van der Waals surface area contributed by atoms with Crippen LogP contribution in [0.25, 0.3) is 0 Å². The van der Waals surface area contributed by atoms with Crippen molar-refractivity contribution in [2.75, 3.05) is 6.54 Å². The molecule has 0 unspecified atom stereocenters. The fourth-order valence-electron chi connectivity index (χ4n) is 2.51. The third-order valence-corrected chi connectivity index (χ3v) is 3.78. The minimum absolute atomic E-state index is 0.202. The van der Waals surface area contributed by atoms with Crippen LogP contribution in [-0.2, 0) is 25.6 Å². The molecule has 0 radical (unpaired) electrons. The van der Waals surface area contributed by atoms with Gasteiger partial charge in [0.25, 0.3) is 0 Å². The lowest BCUT2D eigenvalue weighted by Gasteiger charge is -2.26. The molecule has 0 saturated heterocycles. The summed E-state index contributed by atoms with van der Waals surface area (Å²) in [6.07, 6.45) is 0.369. The van der Waals surface area contributed by atoms with E-state index in [1.807, 2.05) is 30.3 Å². The van der Waals surface area contributed by atoms with Crippen molar-refractivity contribution >= 4 is 18.2 Å². The lowest BCUT2D eigenvalue weighted by atomic mass is 10.1. The number of carbonyl (C=O) groups excluding carboxylic acids is 3. The van der Waals surface area contributed by atoms with Gasteiger partial charge in [0.2, 0.25) is 0 Å². The summed E-state index contributed by atoms with van der Waals surface area (Å²) in [5, 5.41) is 5.26. The van der Waals surface area contributed by atoms with Gasteiger partial charge in [-0.25, -0.2) is 14.4 Å². The quantitative estimate of drug-likeness (QED) is 0.340. The van der Waals surface area contributed by atoms with Gasteiger partial charge in [-0.15, -0.1) is 0 Å². The molecule has 31 heavy (non-hydrogen) atoms. The number of alkyl carbamates (subject to hydrolysis) is 2. The molecule has 0 heterocycles. The Bertz CT molecular complexity index is 707. The number of hydrogen-bond donors (Lipinski definition) is 2. The molecule has 0 spiro atoms. The Balaban J connectivity index is 2.42. The number of benzene rings is 1. The number of carbonyl (C=O) groups is 3. The predicted molar refractivity (Wildman–Crippen MR) is 117 cm³/mol. The second-order valence-electron chi connectivity index (χ2n) is 9.22. The molecule has 1 atom stereocenters. The summed E-state index contributed by atoms with van der Waals surface area (Å²) < 4.78 is 15.8. The van der Waals surface area contributed by atoms with Crippen LogP contribution in [0.2, 0.25) is 0 Å². The largest absolute Gasteiger partial charge is 0.458 e. The number of hydrogen-bond acceptors (Lipinski definition) is 6. The van der Waals surface area contributed by atoms with Crippen molar-refractivity contribution in [2.24, 2.45) is 0 Å². The first-order valence-corrected chi connectivity index (χ1v) is 10.5. The van der Waals surface area contributed by atoms with Gasteiger partial charge in [-0.1, -0.05) is 30.3 Å². The highest BCUT2D eigenvalue weighted by atomic mass is 16.6. The molecule has 1 aromatic rings. The number of rotatable bonds is 9. The Labute approximate surface area is 185 Å². The average molecular weight is 437 g/mol. The molecule has 174 valence electrons. The topological polar surface area (TPSA) is 103 Å². The van der Waals surface area contributed by atoms with Gasteiger partial charge in [0.1, 0.15) is 23.9 Å². The molecule has 2 amide bonds. The molecule has 0 saturated carbocycles. The average Bonchev–Trinajstić information content (AvgIpc) is 2.63. The molecule has 1 aromatic carbocycles. The zero-order valence-electron chi connectivity index (χ0n) is 19.4. The predicted octanol–water partition coefficient (Wildman–Crippen LogP) is 4.32. The maximum atomic E-state index is 12.5. The van der Waals surface area contributed by atoms with E-state index in [1.54, 1.807) is 41.5 Å². The molecule has 0 aliphatic heterocycles. The normalized spacial score (nSPS) is 12.5. The van der Waals surface area contributed by atoms with Crippen molar-refractivity contribution in [3.8, 4) is 0 Å². The van der Waals surface area contributed by atoms with Crippen LogP contribution in [0.4, 0.5) is 9.59 Å². The molecule has 8 nitrogen and oxygen atoms in total. The highest BCUT2D eigenvalue weighted by molar-refractivity contribution is 5.81. The Morgan fingerprint density at radius 2 is 1.48 bits per heavy atom. The van der Waals surface area contributed by atoms with Crippen LogP contribution >= 0.6 is 0 Å². The Morgan fingerprint density at radius 1 is 0.871 bits per heavy atom. The van der Waals surface area contributed by atoms with E-state index in [9.17, 15) is 14.4 Å². The van der Waals surface area contributed by atoms with E-state index in [2.05, 4.69) is 10.6 Å². The number of esters is 1. The highest BCUT2D eigenvalue weighted by Gasteiger charge is 2.28. The van der Waals surface area contributed by atoms with Crippen molar-refractivity contribution in [3.63, 3.8) is 0 Å². The standard InChI is InChI=1S/C23H36N2O6/c1-22(2,3)30-19(26)18(25-21(28)31-23(4,5)6)14-10-11-15-24-20(27)29-16-17-12-8-7-9-13-17/h7-9,12-13,18H,10-11,14-16H2,1-6H3,(H,24,27)(H,25,28)/t18-/m0/s1. The van der Waals surface area contributed by atoms with Crippen molar-refractivity contribution < 1.29 is 28.6 Å². The van der Waals surface area contributed by atoms with Crippen LogP contribution < -0.4 is 10.6 Å². The highest BCUT2D eigenvalue weighted by Crippen LogP contribution is 2.13. The fourth-order valence-corrected chi connectivity index (χ4v) is 2.51. The monoisotopic (exact) mass is 436 g/mol. The number of amides is 2. The number of nitrogens with one attached hydrogen (secondary N) is 2. The first-order chi connectivity index (χ1) is 14.4. The molecular weight excluding hydrogens is 400 g/mol. The Morgan fingerprint density at radius 3 is 2.06 bits per heavy atom. The summed E-state index contributed by atoms with van der Waals surface area (Å²) in [4.78, 5) is 36.3. The number of ether oxygens (including phenoxy) is 3. The summed E-state index contributed by atoms with van der Waals surface area (Å²) in [5.74, 6) is -0.520. The van der Waals surface area contributed by atoms with Crippen LogP contribution in [0.15, 0.2) is 30.3 Å². The van der Waals surface area contributed by atoms with E-state index < -0.39 is 35.4 Å². The Hall–Kier alpha value is -2.77. The second kappa shape index (κ2) is 12.2. The van der Waals surface area contributed by atoms with E-state index in [0.717, 1.165) is 5.56 Å². The van der Waals surface area contributed by atoms with Gasteiger partial charge in [0.15, 0.2) is 0 Å². The van der Waals surface area contributed by atoms with E-state index in [4.69, 9.17) is 14.2 Å². The summed E-state index contributed by atoms with van der Waals surface area (Å²) in [5.41, 5.74) is -0.437. The van der Waals surface area contributed by atoms with Crippen LogP contribution in [0.3, 0.4) is 0 Å². The summed E-state index contributed by atoms with van der Waals surface area (Å²) in [6, 6.07) is 8.57. The third kappa shape index (κ3) is 13.2. The first kappa shape index (κ1) is 26.3. The van der Waals surface area contributed by atoms with Gasteiger partial charge < -0.3 is 24.8 Å². The van der Waals surface area contributed by atoms with Crippen LogP contribution in [0.5, 0.6) is 0 Å². The van der Waals surface area contributed by atoms with E-state index in [0.29, 0.717) is 25.8 Å². The van der Waals surface area contributed by atoms with Gasteiger partial charge >= 0.3 is 18.2 Å². The molecular formula is C23H36N2O6. The minimum atomic E-state index is -0.834. The Kier molecular flexibility index (Phi) is 10.3. The van der Waals surface area contributed by atoms with Crippen molar-refractivity contribution in [3.05, 3.63) is 35.9 Å². The van der Waals surface area contributed by atoms with E-state index >= 15 is 0 Å². The molecule has 0 fully saturated rings. The second-order valence-corrected chi connectivity index (χ2v) is 9.22. The third-order valence-electron chi connectivity index (χ3n) is 3.78. The van der Waals surface area contributed by atoms with Gasteiger partial charge in [-0.05, 0) is 66.4 Å². The minimum Gasteiger partial charge on any atom is -0.458 e. The lowest BCUT2D eigenvalue weighted by Crippen LogP contribution is -2.46. The van der Waals surface area contributed by atoms with Gasteiger partial charge in [-0.3, -0.25) is 0 Å². The number of unbranched alkanes of at least 4 members (excludes halogenated alkanes) is 1. The van der Waals surface area contributed by atoms with E-state index in [-0.39, 0.29) is 6.61 Å². The molecule has 8 heteroatoms. The summed E-state index contributed by atoms with van der Waals surface area (Å²) in [7, 11) is 0. The van der Waals surface area contributed by atoms with Crippen LogP contribution in [-0.4, -0.2) is 41.9 Å². The van der Waals surface area contributed by atoms with Gasteiger partial charge in [-0.2, -0.15) is 0 Å². The lowest BCUT2D eigenvalue weighted by molar-refractivity contribution is -0.157. The first-order valence-electron chi connectivity index (χ1n) is 10.5. The van der Waals surface area contributed by atoms with Gasteiger partial charge in [0, 0.05) is 6.54 Å². The maximum Gasteiger partial charge on any atom is 0.408 e. The van der Waals surface area contributed by atoms with Crippen LogP contribution in [0, 0.1) is 0 Å². The molecule has 0 aliphatic rings. The molecule has 0 bridgehead atoms. The van der Waals surface area contributed by atoms with Crippen molar-refractivity contribution in [2.45, 2.75) is 84.7 Å². The SMILES string of the molecule is CC(C)(C)OC(=O)N[C@@H](CCCCNC(=O)OCc1ccccc1)C(=O)OC(C)(C)C. The molecule has 2 N–H and O–H groups in total. The smallest absolute Gasteiger partial charge is 0.408 e. The van der Waals surface area contributed by atoms with Crippen molar-refractivity contribution in [1.29, 1.82) is 0 Å². The molecule has 1 rings (SSSR count). The summed E-state index contributed by atoms with van der Waals surface area (Å²) >= 11 is 0. The molecule has 0 aliphatic carbocycles. The van der Waals surface area contributed by atoms with E-state index in [1.165, 1.54) is 0 Å². The zero-order chi connectivity index (χ0) is 23.5. The molecule has 0 aromatic heterocycles. The van der Waals surface area contributed by atoms with Crippen molar-refractivity contribution in [1.82, 2.24) is 10.6 Å². The van der Waals surface area contributed by atoms with Gasteiger partial charge in [0.05, 0.1) is 0 Å². The van der Waals surface area contributed by atoms with Crippen LogP contribution in [0.1, 0.15) is 66.4 Å². The maximum absolute atomic E-state index is 12.5.